The maximum Gasteiger partial charge on any atom is 0.0541 e. The van der Waals surface area contributed by atoms with Crippen molar-refractivity contribution in [3.05, 3.63) is 254 Å². The third-order valence-corrected chi connectivity index (χ3v) is 13.3. The number of fused-ring (bicyclic) bond motifs is 3. The molecule has 0 aliphatic heterocycles. The second kappa shape index (κ2) is 17.8. The SMILES string of the molecule is CCC(C)c1ccc(-c2ccc(-c3ccc4c(c3)c3cc(-c5ccc(N(c6ccc(-c7ccccc7)cc6)c6ccc(-c7ccccc7)cc6)cc5)ccc3n4-c3ccccc3)cc2)cc1. The Morgan fingerprint density at radius 2 is 0.636 bits per heavy atom. The Labute approximate surface area is 388 Å². The highest BCUT2D eigenvalue weighted by atomic mass is 15.1. The number of hydrogen-bond donors (Lipinski definition) is 0. The predicted octanol–water partition coefficient (Wildman–Crippen LogP) is 18.1. The van der Waals surface area contributed by atoms with E-state index in [1.54, 1.807) is 0 Å². The maximum absolute atomic E-state index is 2.40. The van der Waals surface area contributed by atoms with Gasteiger partial charge in [-0.1, -0.05) is 190 Å². The third-order valence-electron chi connectivity index (χ3n) is 13.3. The lowest BCUT2D eigenvalue weighted by Crippen LogP contribution is -2.09. The Balaban J connectivity index is 0.954. The molecule has 0 saturated heterocycles. The van der Waals surface area contributed by atoms with Crippen molar-refractivity contribution in [2.24, 2.45) is 0 Å². The summed E-state index contributed by atoms with van der Waals surface area (Å²) in [6.07, 6.45) is 1.15. The largest absolute Gasteiger partial charge is 0.311 e. The molecule has 0 amide bonds. The summed E-state index contributed by atoms with van der Waals surface area (Å²) in [5.74, 6) is 0.571. The summed E-state index contributed by atoms with van der Waals surface area (Å²) in [5, 5.41) is 2.47. The van der Waals surface area contributed by atoms with Gasteiger partial charge in [0, 0.05) is 33.5 Å². The van der Waals surface area contributed by atoms with Crippen LogP contribution in [0.5, 0.6) is 0 Å². The highest BCUT2D eigenvalue weighted by Crippen LogP contribution is 2.40. The molecule has 1 unspecified atom stereocenters. The fourth-order valence-corrected chi connectivity index (χ4v) is 9.45. The monoisotopic (exact) mass is 846 g/mol. The molecule has 10 aromatic carbocycles. The molecule has 0 N–H and O–H groups in total. The van der Waals surface area contributed by atoms with Gasteiger partial charge in [0.2, 0.25) is 0 Å². The van der Waals surface area contributed by atoms with Crippen LogP contribution in [0.4, 0.5) is 17.1 Å². The van der Waals surface area contributed by atoms with Crippen molar-refractivity contribution < 1.29 is 0 Å². The molecule has 2 nitrogen and oxygen atoms in total. The lowest BCUT2D eigenvalue weighted by molar-refractivity contribution is 0.734. The van der Waals surface area contributed by atoms with E-state index in [1.807, 2.05) is 0 Å². The minimum absolute atomic E-state index is 0.571. The smallest absolute Gasteiger partial charge is 0.0541 e. The van der Waals surface area contributed by atoms with Gasteiger partial charge in [-0.15, -0.1) is 0 Å². The van der Waals surface area contributed by atoms with Crippen LogP contribution in [0.25, 0.3) is 83.1 Å². The highest BCUT2D eigenvalue weighted by molar-refractivity contribution is 6.11. The molecule has 0 radical (unpaired) electrons. The van der Waals surface area contributed by atoms with Crippen molar-refractivity contribution in [1.82, 2.24) is 4.57 Å². The van der Waals surface area contributed by atoms with Gasteiger partial charge in [-0.05, 0) is 146 Å². The summed E-state index contributed by atoms with van der Waals surface area (Å²) in [4.78, 5) is 2.35. The molecule has 1 aromatic heterocycles. The Kier molecular flexibility index (Phi) is 10.9. The molecular weight excluding hydrogens is 797 g/mol. The van der Waals surface area contributed by atoms with Gasteiger partial charge in [0.05, 0.1) is 11.0 Å². The standard InChI is InChI=1S/C64H50N2/c1-3-45(2)46-19-21-49(22-20-46)50-23-25-53(26-24-50)55-33-41-63-61(43-55)62-44-56(34-42-64(62)66(63)57-17-11-6-12-18-57)54-31-39-60(40-32-54)65(58-35-27-51(28-36-58)47-13-7-4-8-14-47)59-37-29-52(30-38-59)48-15-9-5-10-16-48/h4-45H,3H2,1-2H3. The van der Waals surface area contributed by atoms with Crippen molar-refractivity contribution in [3.63, 3.8) is 0 Å². The minimum atomic E-state index is 0.571. The zero-order chi connectivity index (χ0) is 44.4. The van der Waals surface area contributed by atoms with Crippen LogP contribution in [0.1, 0.15) is 31.7 Å². The first-order chi connectivity index (χ1) is 32.6. The molecule has 11 aromatic rings. The third kappa shape index (κ3) is 7.88. The Hall–Kier alpha value is -8.20. The number of rotatable bonds is 11. The van der Waals surface area contributed by atoms with E-state index in [0.717, 1.165) is 29.2 Å². The van der Waals surface area contributed by atoms with Crippen LogP contribution < -0.4 is 4.90 Å². The number of para-hydroxylation sites is 1. The fraction of sp³-hybridized carbons (Fsp3) is 0.0625. The van der Waals surface area contributed by atoms with Crippen molar-refractivity contribution >= 4 is 38.9 Å². The summed E-state index contributed by atoms with van der Waals surface area (Å²) < 4.78 is 2.40. The molecule has 0 bridgehead atoms. The zero-order valence-corrected chi connectivity index (χ0v) is 37.4. The summed E-state index contributed by atoms with van der Waals surface area (Å²) in [7, 11) is 0. The molecule has 0 spiro atoms. The first-order valence-corrected chi connectivity index (χ1v) is 23.1. The number of aromatic nitrogens is 1. The van der Waals surface area contributed by atoms with Gasteiger partial charge in [-0.25, -0.2) is 0 Å². The maximum atomic E-state index is 2.40. The van der Waals surface area contributed by atoms with Gasteiger partial charge in [0.1, 0.15) is 0 Å². The molecule has 11 rings (SSSR count). The van der Waals surface area contributed by atoms with Gasteiger partial charge in [0.15, 0.2) is 0 Å². The van der Waals surface area contributed by atoms with E-state index in [4.69, 9.17) is 0 Å². The van der Waals surface area contributed by atoms with Crippen molar-refractivity contribution in [1.29, 1.82) is 0 Å². The summed E-state index contributed by atoms with van der Waals surface area (Å²) in [6.45, 7) is 4.55. The van der Waals surface area contributed by atoms with Crippen molar-refractivity contribution in [2.75, 3.05) is 4.90 Å². The predicted molar refractivity (Wildman–Crippen MR) is 281 cm³/mol. The van der Waals surface area contributed by atoms with Crippen LogP contribution in [0.15, 0.2) is 249 Å². The van der Waals surface area contributed by atoms with Crippen LogP contribution in [0.3, 0.4) is 0 Å². The first kappa shape index (κ1) is 40.6. The van der Waals surface area contributed by atoms with Crippen LogP contribution in [-0.4, -0.2) is 4.57 Å². The molecule has 66 heavy (non-hydrogen) atoms. The number of hydrogen-bond acceptors (Lipinski definition) is 1. The van der Waals surface area contributed by atoms with Crippen LogP contribution >= 0.6 is 0 Å². The minimum Gasteiger partial charge on any atom is -0.311 e. The molecule has 0 aliphatic rings. The van der Waals surface area contributed by atoms with Gasteiger partial charge in [0.25, 0.3) is 0 Å². The normalized spacial score (nSPS) is 11.8. The van der Waals surface area contributed by atoms with Gasteiger partial charge >= 0.3 is 0 Å². The molecule has 0 saturated carbocycles. The average Bonchev–Trinajstić information content (AvgIpc) is 3.73. The van der Waals surface area contributed by atoms with Crippen molar-refractivity contribution in [3.8, 4) is 61.3 Å². The number of anilines is 3. The lowest BCUT2D eigenvalue weighted by atomic mass is 9.95. The Morgan fingerprint density at radius 3 is 1.02 bits per heavy atom. The molecule has 0 fully saturated rings. The summed E-state index contributed by atoms with van der Waals surface area (Å²) >= 11 is 0. The number of benzene rings is 10. The number of nitrogens with zero attached hydrogens (tertiary/aromatic N) is 2. The quantitative estimate of drug-likeness (QED) is 0.126. The van der Waals surface area contributed by atoms with E-state index in [1.165, 1.54) is 83.0 Å². The van der Waals surface area contributed by atoms with Crippen molar-refractivity contribution in [2.45, 2.75) is 26.2 Å². The van der Waals surface area contributed by atoms with E-state index >= 15 is 0 Å². The fourth-order valence-electron chi connectivity index (χ4n) is 9.45. The summed E-state index contributed by atoms with van der Waals surface area (Å²) in [6, 6.07) is 90.7. The van der Waals surface area contributed by atoms with Gasteiger partial charge in [-0.3, -0.25) is 0 Å². The second-order valence-electron chi connectivity index (χ2n) is 17.4. The van der Waals surface area contributed by atoms with E-state index in [2.05, 4.69) is 272 Å². The topological polar surface area (TPSA) is 8.17 Å². The summed E-state index contributed by atoms with van der Waals surface area (Å²) in [5.41, 5.74) is 20.3. The Bertz CT molecular complexity index is 3310. The van der Waals surface area contributed by atoms with Gasteiger partial charge < -0.3 is 9.47 Å². The second-order valence-corrected chi connectivity index (χ2v) is 17.4. The van der Waals surface area contributed by atoms with E-state index in [0.29, 0.717) is 5.92 Å². The van der Waals surface area contributed by atoms with Crippen LogP contribution in [0, 0.1) is 0 Å². The Morgan fingerprint density at radius 1 is 0.333 bits per heavy atom. The van der Waals surface area contributed by atoms with Crippen LogP contribution in [-0.2, 0) is 0 Å². The molecular formula is C64H50N2. The molecule has 0 aliphatic carbocycles. The van der Waals surface area contributed by atoms with E-state index in [9.17, 15) is 0 Å². The average molecular weight is 847 g/mol. The van der Waals surface area contributed by atoms with E-state index in [-0.39, 0.29) is 0 Å². The van der Waals surface area contributed by atoms with Gasteiger partial charge in [-0.2, -0.15) is 0 Å². The molecule has 1 atom stereocenters. The highest BCUT2D eigenvalue weighted by Gasteiger charge is 2.17. The zero-order valence-electron chi connectivity index (χ0n) is 37.4. The first-order valence-electron chi connectivity index (χ1n) is 23.1. The van der Waals surface area contributed by atoms with Crippen LogP contribution in [0.2, 0.25) is 0 Å². The molecule has 1 heterocycles. The lowest BCUT2D eigenvalue weighted by Gasteiger charge is -2.26. The molecule has 2 heteroatoms. The molecule has 316 valence electrons. The van der Waals surface area contributed by atoms with E-state index < -0.39 is 0 Å².